The highest BCUT2D eigenvalue weighted by Crippen LogP contribution is 2.43. The van der Waals surface area contributed by atoms with E-state index in [9.17, 15) is 28.9 Å². The molecule has 0 bridgehead atoms. The summed E-state index contributed by atoms with van der Waals surface area (Å²) in [5.74, 6) is -1.43. The summed E-state index contributed by atoms with van der Waals surface area (Å²) < 4.78 is 39.6. The lowest BCUT2D eigenvalue weighted by Gasteiger charge is -2.21. The number of carbonyl (C=O) groups excluding carboxylic acids is 3. The standard InChI is InChI=1S/C60H117O11P/c1-4-7-10-13-16-19-21-23-25-27-28-30-31-33-35-38-40-43-46-49-58(62)67-53-57(71-60(64)51-48-45-42-39-36-34-32-29-26-24-22-20-17-14-11-8-5-2)55-69-72(65,66)68-54-56(52-61)70-59(63)50-47-44-41-37-18-15-12-9-6-3/h56-57,61H,4-55H2,1-3H3,(H,65,66). The molecule has 11 nitrogen and oxygen atoms in total. The van der Waals surface area contributed by atoms with Gasteiger partial charge in [-0.3, -0.25) is 23.4 Å². The van der Waals surface area contributed by atoms with Gasteiger partial charge in [-0.2, -0.15) is 0 Å². The van der Waals surface area contributed by atoms with E-state index in [0.29, 0.717) is 19.3 Å². The third kappa shape index (κ3) is 53.3. The van der Waals surface area contributed by atoms with Crippen molar-refractivity contribution in [3.8, 4) is 0 Å². The number of unbranched alkanes of at least 4 members (excludes halogenated alkanes) is 42. The molecule has 0 rings (SSSR count). The van der Waals surface area contributed by atoms with E-state index < -0.39 is 57.8 Å². The Morgan fingerprint density at radius 1 is 0.333 bits per heavy atom. The van der Waals surface area contributed by atoms with Gasteiger partial charge in [-0.15, -0.1) is 0 Å². The van der Waals surface area contributed by atoms with E-state index in [2.05, 4.69) is 20.8 Å². The number of hydrogen-bond donors (Lipinski definition) is 2. The van der Waals surface area contributed by atoms with Crippen LogP contribution in [0.2, 0.25) is 0 Å². The zero-order valence-electron chi connectivity index (χ0n) is 47.4. The number of aliphatic hydroxyl groups is 1. The van der Waals surface area contributed by atoms with Gasteiger partial charge in [0.05, 0.1) is 19.8 Å². The molecule has 0 amide bonds. The van der Waals surface area contributed by atoms with Gasteiger partial charge < -0.3 is 24.2 Å². The minimum absolute atomic E-state index is 0.179. The van der Waals surface area contributed by atoms with Gasteiger partial charge >= 0.3 is 25.7 Å². The largest absolute Gasteiger partial charge is 0.472 e. The van der Waals surface area contributed by atoms with Gasteiger partial charge in [0.2, 0.25) is 0 Å². The molecule has 0 heterocycles. The quantitative estimate of drug-likeness (QED) is 0.0259. The lowest BCUT2D eigenvalue weighted by atomic mass is 10.0. The van der Waals surface area contributed by atoms with Crippen molar-refractivity contribution >= 4 is 25.7 Å². The first-order chi connectivity index (χ1) is 35.2. The Balaban J connectivity index is 4.61. The van der Waals surface area contributed by atoms with Crippen LogP contribution < -0.4 is 0 Å². The van der Waals surface area contributed by atoms with Crippen LogP contribution in [0.15, 0.2) is 0 Å². The van der Waals surface area contributed by atoms with Gasteiger partial charge in [0.1, 0.15) is 12.7 Å². The first-order valence-corrected chi connectivity index (χ1v) is 32.4. The summed E-state index contributed by atoms with van der Waals surface area (Å²) in [4.78, 5) is 48.5. The zero-order valence-corrected chi connectivity index (χ0v) is 48.3. The Bertz CT molecular complexity index is 1220. The van der Waals surface area contributed by atoms with Crippen molar-refractivity contribution < 1.29 is 52.2 Å². The first kappa shape index (κ1) is 70.5. The van der Waals surface area contributed by atoms with Crippen LogP contribution in [0.5, 0.6) is 0 Å². The van der Waals surface area contributed by atoms with Crippen molar-refractivity contribution in [2.45, 2.75) is 341 Å². The van der Waals surface area contributed by atoms with Crippen molar-refractivity contribution in [1.29, 1.82) is 0 Å². The van der Waals surface area contributed by atoms with Gasteiger partial charge in [0, 0.05) is 19.3 Å². The van der Waals surface area contributed by atoms with E-state index in [1.165, 1.54) is 212 Å². The topological polar surface area (TPSA) is 155 Å². The summed E-state index contributed by atoms with van der Waals surface area (Å²) in [7, 11) is -4.73. The molecule has 0 aromatic rings. The molecule has 0 aliphatic heterocycles. The summed E-state index contributed by atoms with van der Waals surface area (Å²) in [5.41, 5.74) is 0. The Hall–Kier alpha value is -1.52. The van der Waals surface area contributed by atoms with E-state index in [1.807, 2.05) is 0 Å². The predicted octanol–water partition coefficient (Wildman–Crippen LogP) is 18.3. The van der Waals surface area contributed by atoms with Crippen LogP contribution >= 0.6 is 7.82 Å². The molecular weight excluding hydrogens is 928 g/mol. The third-order valence-electron chi connectivity index (χ3n) is 14.0. The van der Waals surface area contributed by atoms with Gasteiger partial charge in [0.15, 0.2) is 6.10 Å². The maximum atomic E-state index is 12.9. The molecule has 3 atom stereocenters. The number of aliphatic hydroxyl groups excluding tert-OH is 1. The van der Waals surface area contributed by atoms with E-state index >= 15 is 0 Å². The van der Waals surface area contributed by atoms with E-state index in [0.717, 1.165) is 57.8 Å². The lowest BCUT2D eigenvalue weighted by molar-refractivity contribution is -0.161. The highest BCUT2D eigenvalue weighted by atomic mass is 31.2. The Kier molecular flexibility index (Phi) is 54.5. The molecule has 0 fully saturated rings. The molecule has 0 saturated carbocycles. The second-order valence-corrected chi connectivity index (χ2v) is 22.7. The first-order valence-electron chi connectivity index (χ1n) is 30.9. The van der Waals surface area contributed by atoms with Crippen LogP contribution in [-0.4, -0.2) is 66.5 Å². The average Bonchev–Trinajstić information content (AvgIpc) is 3.37. The Morgan fingerprint density at radius 2 is 0.556 bits per heavy atom. The molecule has 2 N–H and O–H groups in total. The monoisotopic (exact) mass is 1040 g/mol. The van der Waals surface area contributed by atoms with Crippen LogP contribution in [0.4, 0.5) is 0 Å². The fraction of sp³-hybridized carbons (Fsp3) is 0.950. The molecule has 0 aliphatic carbocycles. The molecule has 3 unspecified atom stereocenters. The molecule has 428 valence electrons. The lowest BCUT2D eigenvalue weighted by Crippen LogP contribution is -2.30. The number of hydrogen-bond acceptors (Lipinski definition) is 10. The number of phosphoric ester groups is 1. The van der Waals surface area contributed by atoms with Crippen molar-refractivity contribution in [2.24, 2.45) is 0 Å². The molecule has 0 radical (unpaired) electrons. The second-order valence-electron chi connectivity index (χ2n) is 21.2. The van der Waals surface area contributed by atoms with Gasteiger partial charge in [0.25, 0.3) is 0 Å². The summed E-state index contributed by atoms with van der Waals surface area (Å²) >= 11 is 0. The highest BCUT2D eigenvalue weighted by molar-refractivity contribution is 7.47. The summed E-state index contributed by atoms with van der Waals surface area (Å²) in [6.45, 7) is 4.71. The van der Waals surface area contributed by atoms with E-state index in [-0.39, 0.29) is 25.9 Å². The third-order valence-corrected chi connectivity index (χ3v) is 15.0. The van der Waals surface area contributed by atoms with Crippen molar-refractivity contribution in [1.82, 2.24) is 0 Å². The molecule has 0 aromatic heterocycles. The van der Waals surface area contributed by atoms with Crippen LogP contribution in [0, 0.1) is 0 Å². The van der Waals surface area contributed by atoms with E-state index in [1.54, 1.807) is 0 Å². The SMILES string of the molecule is CCCCCCCCCCCCCCCCCCCCCC(=O)OCC(COP(=O)(O)OCC(CO)OC(=O)CCCCCCCCCCC)OC(=O)CCCCCCCCCCCCCCCCCCC. The fourth-order valence-corrected chi connectivity index (χ4v) is 10.1. The van der Waals surface area contributed by atoms with Crippen molar-refractivity contribution in [2.75, 3.05) is 26.4 Å². The number of ether oxygens (including phenoxy) is 3. The Morgan fingerprint density at radius 3 is 0.819 bits per heavy atom. The molecule has 0 aromatic carbocycles. The average molecular weight is 1050 g/mol. The van der Waals surface area contributed by atoms with Crippen molar-refractivity contribution in [3.05, 3.63) is 0 Å². The molecule has 12 heteroatoms. The molecule has 0 aliphatic rings. The molecule has 0 spiro atoms. The van der Waals surface area contributed by atoms with Crippen LogP contribution in [0.1, 0.15) is 329 Å². The van der Waals surface area contributed by atoms with Crippen LogP contribution in [-0.2, 0) is 42.2 Å². The zero-order chi connectivity index (χ0) is 52.7. The maximum Gasteiger partial charge on any atom is 0.472 e. The maximum absolute atomic E-state index is 12.9. The number of rotatable bonds is 59. The van der Waals surface area contributed by atoms with Crippen molar-refractivity contribution in [3.63, 3.8) is 0 Å². The summed E-state index contributed by atoms with van der Waals surface area (Å²) in [6.07, 6.45) is 53.6. The number of phosphoric acid groups is 1. The molecular formula is C60H117O11P. The second kappa shape index (κ2) is 55.7. The highest BCUT2D eigenvalue weighted by Gasteiger charge is 2.28. The smallest absolute Gasteiger partial charge is 0.462 e. The summed E-state index contributed by atoms with van der Waals surface area (Å²) in [6, 6.07) is 0. The van der Waals surface area contributed by atoms with Gasteiger partial charge in [-0.1, -0.05) is 290 Å². The summed E-state index contributed by atoms with van der Waals surface area (Å²) in [5, 5.41) is 9.78. The van der Waals surface area contributed by atoms with Gasteiger partial charge in [-0.05, 0) is 19.3 Å². The van der Waals surface area contributed by atoms with Crippen LogP contribution in [0.25, 0.3) is 0 Å². The molecule has 72 heavy (non-hydrogen) atoms. The van der Waals surface area contributed by atoms with E-state index in [4.69, 9.17) is 23.3 Å². The van der Waals surface area contributed by atoms with Crippen LogP contribution in [0.3, 0.4) is 0 Å². The minimum atomic E-state index is -4.73. The normalized spacial score (nSPS) is 13.2. The molecule has 0 saturated heterocycles. The van der Waals surface area contributed by atoms with Gasteiger partial charge in [-0.25, -0.2) is 4.57 Å². The Labute approximate surface area is 443 Å². The predicted molar refractivity (Wildman–Crippen MR) is 298 cm³/mol. The number of carbonyl (C=O) groups is 3. The minimum Gasteiger partial charge on any atom is -0.462 e. The fourth-order valence-electron chi connectivity index (χ4n) is 9.30. The number of esters is 3.